The zero-order valence-electron chi connectivity index (χ0n) is 10.9. The number of fused-ring (bicyclic) bond motifs is 1. The Kier molecular flexibility index (Phi) is 3.33. The van der Waals surface area contributed by atoms with Crippen LogP contribution in [-0.2, 0) is 0 Å². The van der Waals surface area contributed by atoms with Gasteiger partial charge >= 0.3 is 0 Å². The van der Waals surface area contributed by atoms with Crippen LogP contribution in [0.15, 0.2) is 12.7 Å². The fourth-order valence-corrected chi connectivity index (χ4v) is 2.86. The number of nitrogens with one attached hydrogen (secondary N) is 2. The summed E-state index contributed by atoms with van der Waals surface area (Å²) in [5.41, 5.74) is 1.49. The molecule has 0 bridgehead atoms. The highest BCUT2D eigenvalue weighted by molar-refractivity contribution is 5.81. The van der Waals surface area contributed by atoms with Crippen LogP contribution >= 0.6 is 0 Å². The molecule has 2 aromatic heterocycles. The molecule has 19 heavy (non-hydrogen) atoms. The molecule has 3 N–H and O–H groups in total. The summed E-state index contributed by atoms with van der Waals surface area (Å²) in [6, 6.07) is 0. The normalized spacial score (nSPS) is 18.6. The Labute approximate surface area is 111 Å². The monoisotopic (exact) mass is 261 g/mol. The number of imidazole rings is 1. The lowest BCUT2D eigenvalue weighted by Gasteiger charge is -2.35. The molecule has 2 aromatic rings. The van der Waals surface area contributed by atoms with Crippen molar-refractivity contribution in [3.63, 3.8) is 0 Å². The van der Waals surface area contributed by atoms with Crippen LogP contribution < -0.4 is 5.32 Å². The maximum Gasteiger partial charge on any atom is 0.182 e. The molecule has 0 radical (unpaired) electrons. The van der Waals surface area contributed by atoms with Gasteiger partial charge in [-0.2, -0.15) is 0 Å². The number of nitrogens with zero attached hydrogens (tertiary/aromatic N) is 3. The van der Waals surface area contributed by atoms with E-state index in [4.69, 9.17) is 0 Å². The Balaban J connectivity index is 1.76. The van der Waals surface area contributed by atoms with Crippen molar-refractivity contribution < 1.29 is 5.11 Å². The van der Waals surface area contributed by atoms with Gasteiger partial charge in [-0.25, -0.2) is 15.0 Å². The molecular formula is C13H19N5O. The minimum atomic E-state index is -0.00442. The number of hydrogen-bond acceptors (Lipinski definition) is 5. The van der Waals surface area contributed by atoms with Gasteiger partial charge in [-0.05, 0) is 12.8 Å². The molecule has 0 atom stereocenters. The van der Waals surface area contributed by atoms with E-state index in [1.54, 1.807) is 6.33 Å². The largest absolute Gasteiger partial charge is 0.396 e. The molecule has 0 unspecified atom stereocenters. The highest BCUT2D eigenvalue weighted by atomic mass is 16.3. The molecular weight excluding hydrogens is 242 g/mol. The van der Waals surface area contributed by atoms with Crippen molar-refractivity contribution in [3.8, 4) is 0 Å². The van der Waals surface area contributed by atoms with Gasteiger partial charge < -0.3 is 15.4 Å². The van der Waals surface area contributed by atoms with Gasteiger partial charge in [0.25, 0.3) is 0 Å². The Hall–Kier alpha value is -1.69. The highest BCUT2D eigenvalue weighted by Gasteiger charge is 2.31. The molecule has 0 aliphatic heterocycles. The highest BCUT2D eigenvalue weighted by Crippen LogP contribution is 2.36. The maximum absolute atomic E-state index is 9.70. The molecule has 1 aliphatic rings. The van der Waals surface area contributed by atoms with Crippen LogP contribution in [0.4, 0.5) is 5.82 Å². The zero-order chi connectivity index (χ0) is 13.1. The van der Waals surface area contributed by atoms with Gasteiger partial charge in [-0.15, -0.1) is 0 Å². The minimum absolute atomic E-state index is 0.00442. The van der Waals surface area contributed by atoms with Gasteiger partial charge in [0.15, 0.2) is 11.5 Å². The second-order valence-corrected chi connectivity index (χ2v) is 5.40. The van der Waals surface area contributed by atoms with E-state index in [2.05, 4.69) is 25.3 Å². The van der Waals surface area contributed by atoms with Crippen molar-refractivity contribution in [1.29, 1.82) is 0 Å². The summed E-state index contributed by atoms with van der Waals surface area (Å²) < 4.78 is 0. The summed E-state index contributed by atoms with van der Waals surface area (Å²) in [7, 11) is 0. The van der Waals surface area contributed by atoms with Crippen molar-refractivity contribution in [1.82, 2.24) is 19.9 Å². The van der Waals surface area contributed by atoms with Crippen LogP contribution in [0.25, 0.3) is 11.2 Å². The molecule has 1 saturated carbocycles. The van der Waals surface area contributed by atoms with Crippen molar-refractivity contribution in [2.24, 2.45) is 5.41 Å². The predicted octanol–water partition coefficient (Wildman–Crippen LogP) is 1.71. The third kappa shape index (κ3) is 2.40. The van der Waals surface area contributed by atoms with E-state index in [0.717, 1.165) is 30.7 Å². The van der Waals surface area contributed by atoms with Gasteiger partial charge in [0.05, 0.1) is 12.9 Å². The molecule has 0 aromatic carbocycles. The van der Waals surface area contributed by atoms with Crippen molar-refractivity contribution in [2.45, 2.75) is 32.1 Å². The van der Waals surface area contributed by atoms with Gasteiger partial charge in [-0.1, -0.05) is 19.3 Å². The fourth-order valence-electron chi connectivity index (χ4n) is 2.86. The first-order valence-corrected chi connectivity index (χ1v) is 6.82. The lowest BCUT2D eigenvalue weighted by atomic mass is 9.74. The molecule has 3 rings (SSSR count). The number of aromatic amines is 1. The van der Waals surface area contributed by atoms with Crippen LogP contribution in [0.1, 0.15) is 32.1 Å². The average Bonchev–Trinajstić information content (AvgIpc) is 2.95. The Morgan fingerprint density at radius 3 is 2.84 bits per heavy atom. The summed E-state index contributed by atoms with van der Waals surface area (Å²) in [6.07, 6.45) is 8.96. The van der Waals surface area contributed by atoms with Crippen LogP contribution in [0.5, 0.6) is 0 Å². The first-order chi connectivity index (χ1) is 9.33. The molecule has 6 nitrogen and oxygen atoms in total. The van der Waals surface area contributed by atoms with Gasteiger partial charge in [0.1, 0.15) is 11.8 Å². The lowest BCUT2D eigenvalue weighted by Crippen LogP contribution is -2.35. The quantitative estimate of drug-likeness (QED) is 0.780. The molecule has 102 valence electrons. The van der Waals surface area contributed by atoms with Crippen LogP contribution in [0, 0.1) is 5.41 Å². The van der Waals surface area contributed by atoms with Crippen LogP contribution in [0.3, 0.4) is 0 Å². The smallest absolute Gasteiger partial charge is 0.182 e. The number of aliphatic hydroxyl groups is 1. The molecule has 0 saturated heterocycles. The molecule has 1 aliphatic carbocycles. The fraction of sp³-hybridized carbons (Fsp3) is 0.615. The first-order valence-electron chi connectivity index (χ1n) is 6.82. The summed E-state index contributed by atoms with van der Waals surface area (Å²) in [5.74, 6) is 0.765. The molecule has 0 spiro atoms. The van der Waals surface area contributed by atoms with Gasteiger partial charge in [0, 0.05) is 12.0 Å². The third-order valence-corrected chi connectivity index (χ3v) is 4.10. The molecule has 6 heteroatoms. The van der Waals surface area contributed by atoms with Crippen molar-refractivity contribution in [2.75, 3.05) is 18.5 Å². The predicted molar refractivity (Wildman–Crippen MR) is 72.8 cm³/mol. The Bertz CT molecular complexity index is 547. The van der Waals surface area contributed by atoms with Crippen LogP contribution in [0.2, 0.25) is 0 Å². The first kappa shape index (κ1) is 12.3. The maximum atomic E-state index is 9.70. The van der Waals surface area contributed by atoms with Gasteiger partial charge in [0.2, 0.25) is 0 Å². The molecule has 2 heterocycles. The van der Waals surface area contributed by atoms with Gasteiger partial charge in [-0.3, -0.25) is 0 Å². The number of aromatic nitrogens is 4. The Morgan fingerprint density at radius 2 is 2.05 bits per heavy atom. The average molecular weight is 261 g/mol. The van der Waals surface area contributed by atoms with E-state index >= 15 is 0 Å². The van der Waals surface area contributed by atoms with E-state index in [9.17, 15) is 5.11 Å². The zero-order valence-corrected chi connectivity index (χ0v) is 10.9. The van der Waals surface area contributed by atoms with Crippen molar-refractivity contribution in [3.05, 3.63) is 12.7 Å². The summed E-state index contributed by atoms with van der Waals surface area (Å²) in [4.78, 5) is 15.5. The second kappa shape index (κ2) is 5.13. The number of aliphatic hydroxyl groups excluding tert-OH is 1. The second-order valence-electron chi connectivity index (χ2n) is 5.40. The summed E-state index contributed by atoms with van der Waals surface area (Å²) in [5, 5.41) is 13.1. The van der Waals surface area contributed by atoms with E-state index in [0.29, 0.717) is 5.65 Å². The third-order valence-electron chi connectivity index (χ3n) is 4.10. The number of H-pyrrole nitrogens is 1. The number of anilines is 1. The minimum Gasteiger partial charge on any atom is -0.396 e. The van der Waals surface area contributed by atoms with Crippen LogP contribution in [-0.4, -0.2) is 38.2 Å². The lowest BCUT2D eigenvalue weighted by molar-refractivity contribution is 0.0943. The van der Waals surface area contributed by atoms with Crippen molar-refractivity contribution >= 4 is 17.0 Å². The summed E-state index contributed by atoms with van der Waals surface area (Å²) >= 11 is 0. The van der Waals surface area contributed by atoms with E-state index < -0.39 is 0 Å². The number of hydrogen-bond donors (Lipinski definition) is 3. The standard InChI is InChI=1S/C13H19N5O/c19-7-13(4-2-1-3-5-13)6-14-11-10-12(16-8-15-10)18-9-17-11/h8-9,19H,1-7H2,(H2,14,15,16,17,18). The number of rotatable bonds is 4. The molecule has 0 amide bonds. The topological polar surface area (TPSA) is 86.7 Å². The summed E-state index contributed by atoms with van der Waals surface area (Å²) in [6.45, 7) is 0.978. The van der Waals surface area contributed by atoms with E-state index in [1.165, 1.54) is 25.6 Å². The van der Waals surface area contributed by atoms with E-state index in [-0.39, 0.29) is 12.0 Å². The Morgan fingerprint density at radius 1 is 1.21 bits per heavy atom. The molecule has 1 fully saturated rings. The SMILES string of the molecule is OCC1(CNc2ncnc3nc[nH]c23)CCCCC1. The van der Waals surface area contributed by atoms with E-state index in [1.807, 2.05) is 0 Å².